The average molecular weight is 413 g/mol. The van der Waals surface area contributed by atoms with E-state index < -0.39 is 0 Å². The maximum Gasteiger partial charge on any atom is 0.277 e. The number of hydrogen-bond acceptors (Lipinski definition) is 4. The maximum atomic E-state index is 13.3. The number of anilines is 1. The molecule has 0 bridgehead atoms. The molecule has 6 heteroatoms. The maximum absolute atomic E-state index is 13.3. The van der Waals surface area contributed by atoms with Crippen LogP contribution in [0.1, 0.15) is 28.5 Å². The fraction of sp³-hybridized carbons (Fsp3) is 0.160. The minimum absolute atomic E-state index is 0.114. The summed E-state index contributed by atoms with van der Waals surface area (Å²) in [5, 5.41) is 0.923. The van der Waals surface area contributed by atoms with E-state index in [1.54, 1.807) is 29.3 Å². The number of nitrogens with zero attached hydrogens (tertiary/aromatic N) is 2. The monoisotopic (exact) mass is 413 g/mol. The Labute approximate surface area is 180 Å². The lowest BCUT2D eigenvalue weighted by molar-refractivity contribution is 0.0980. The van der Waals surface area contributed by atoms with Crippen molar-refractivity contribution in [1.82, 2.24) is 9.97 Å². The van der Waals surface area contributed by atoms with E-state index in [-0.39, 0.29) is 18.0 Å². The molecule has 0 atom stereocenters. The van der Waals surface area contributed by atoms with Crippen molar-refractivity contribution < 1.29 is 9.53 Å². The lowest BCUT2D eigenvalue weighted by atomic mass is 10.1. The Balaban J connectivity index is 1.75. The summed E-state index contributed by atoms with van der Waals surface area (Å²) in [6.45, 7) is 4.59. The van der Waals surface area contributed by atoms with Gasteiger partial charge in [0.25, 0.3) is 11.5 Å². The van der Waals surface area contributed by atoms with Crippen LogP contribution in [0, 0.1) is 6.92 Å². The SMILES string of the molecule is CCOc1ccc(N(Cc2cc3cc(C)ccc3[nH]c2=O)C(=O)c2ccccn2)cc1. The summed E-state index contributed by atoms with van der Waals surface area (Å²) >= 11 is 0. The van der Waals surface area contributed by atoms with Crippen LogP contribution in [0.2, 0.25) is 0 Å². The van der Waals surface area contributed by atoms with Crippen molar-refractivity contribution in [3.63, 3.8) is 0 Å². The highest BCUT2D eigenvalue weighted by atomic mass is 16.5. The van der Waals surface area contributed by atoms with Crippen LogP contribution in [0.15, 0.2) is 77.7 Å². The van der Waals surface area contributed by atoms with E-state index in [4.69, 9.17) is 4.74 Å². The highest BCUT2D eigenvalue weighted by molar-refractivity contribution is 6.04. The molecule has 2 aromatic heterocycles. The number of ether oxygens (including phenoxy) is 1. The van der Waals surface area contributed by atoms with Gasteiger partial charge in [0.05, 0.1) is 13.2 Å². The molecule has 0 saturated heterocycles. The summed E-state index contributed by atoms with van der Waals surface area (Å²) in [6.07, 6.45) is 1.58. The molecule has 31 heavy (non-hydrogen) atoms. The first-order valence-electron chi connectivity index (χ1n) is 10.1. The van der Waals surface area contributed by atoms with Gasteiger partial charge in [-0.1, -0.05) is 17.7 Å². The van der Waals surface area contributed by atoms with E-state index in [1.807, 2.05) is 62.4 Å². The number of aryl methyl sites for hydroxylation is 1. The molecule has 2 aromatic carbocycles. The minimum atomic E-state index is -0.284. The van der Waals surface area contributed by atoms with Crippen LogP contribution in [-0.2, 0) is 6.54 Å². The number of pyridine rings is 2. The molecule has 0 aliphatic heterocycles. The number of carbonyl (C=O) groups excluding carboxylic acids is 1. The van der Waals surface area contributed by atoms with E-state index in [1.165, 1.54) is 0 Å². The van der Waals surface area contributed by atoms with Crippen LogP contribution >= 0.6 is 0 Å². The highest BCUT2D eigenvalue weighted by Gasteiger charge is 2.21. The molecule has 0 aliphatic carbocycles. The quantitative estimate of drug-likeness (QED) is 0.506. The summed E-state index contributed by atoms with van der Waals surface area (Å²) in [6, 6.07) is 20.1. The van der Waals surface area contributed by atoms with Gasteiger partial charge in [-0.3, -0.25) is 14.6 Å². The second kappa shape index (κ2) is 8.83. The fourth-order valence-corrected chi connectivity index (χ4v) is 3.46. The standard InChI is InChI=1S/C25H23N3O3/c1-3-31-21-10-8-20(9-11-21)28(25(30)23-6-4-5-13-26-23)16-19-15-18-14-17(2)7-12-22(18)27-24(19)29/h4-15H,3,16H2,1-2H3,(H,27,29). The number of benzene rings is 2. The Morgan fingerprint density at radius 3 is 2.58 bits per heavy atom. The number of aromatic amines is 1. The first kappa shape index (κ1) is 20.3. The van der Waals surface area contributed by atoms with Gasteiger partial charge in [-0.25, -0.2) is 0 Å². The zero-order chi connectivity index (χ0) is 21.8. The molecule has 0 spiro atoms. The molecule has 0 saturated carbocycles. The largest absolute Gasteiger partial charge is 0.494 e. The van der Waals surface area contributed by atoms with Crippen molar-refractivity contribution in [2.45, 2.75) is 20.4 Å². The van der Waals surface area contributed by atoms with Crippen LogP contribution in [0.4, 0.5) is 5.69 Å². The molecule has 4 rings (SSSR count). The van der Waals surface area contributed by atoms with Gasteiger partial charge in [-0.15, -0.1) is 0 Å². The predicted octanol–water partition coefficient (Wildman–Crippen LogP) is 4.48. The van der Waals surface area contributed by atoms with Crippen molar-refractivity contribution in [3.8, 4) is 5.75 Å². The van der Waals surface area contributed by atoms with Crippen LogP contribution in [0.25, 0.3) is 10.9 Å². The fourth-order valence-electron chi connectivity index (χ4n) is 3.46. The van der Waals surface area contributed by atoms with Crippen molar-refractivity contribution in [3.05, 3.63) is 100 Å². The molecule has 0 aliphatic rings. The van der Waals surface area contributed by atoms with Crippen LogP contribution in [0.3, 0.4) is 0 Å². The van der Waals surface area contributed by atoms with Crippen LogP contribution in [0.5, 0.6) is 5.75 Å². The van der Waals surface area contributed by atoms with Crippen molar-refractivity contribution >= 4 is 22.5 Å². The number of amides is 1. The van der Waals surface area contributed by atoms with Gasteiger partial charge in [0.2, 0.25) is 0 Å². The number of nitrogens with one attached hydrogen (secondary N) is 1. The first-order chi connectivity index (χ1) is 15.0. The number of fused-ring (bicyclic) bond motifs is 1. The van der Waals surface area contributed by atoms with E-state index in [2.05, 4.69) is 9.97 Å². The smallest absolute Gasteiger partial charge is 0.277 e. The molecule has 156 valence electrons. The summed E-state index contributed by atoms with van der Waals surface area (Å²) in [4.78, 5) is 34.7. The van der Waals surface area contributed by atoms with E-state index in [9.17, 15) is 9.59 Å². The predicted molar refractivity (Wildman–Crippen MR) is 122 cm³/mol. The topological polar surface area (TPSA) is 75.3 Å². The Bertz CT molecular complexity index is 1260. The number of H-pyrrole nitrogens is 1. The van der Waals surface area contributed by atoms with Gasteiger partial charge >= 0.3 is 0 Å². The van der Waals surface area contributed by atoms with Crippen molar-refractivity contribution in [2.24, 2.45) is 0 Å². The van der Waals surface area contributed by atoms with E-state index in [0.717, 1.165) is 22.2 Å². The van der Waals surface area contributed by atoms with Gasteiger partial charge in [-0.2, -0.15) is 0 Å². The number of hydrogen-bond donors (Lipinski definition) is 1. The average Bonchev–Trinajstić information content (AvgIpc) is 2.79. The summed E-state index contributed by atoms with van der Waals surface area (Å²) < 4.78 is 5.51. The lowest BCUT2D eigenvalue weighted by Crippen LogP contribution is -2.33. The summed E-state index contributed by atoms with van der Waals surface area (Å²) in [5.74, 6) is 0.434. The third-order valence-electron chi connectivity index (χ3n) is 4.99. The molecule has 0 unspecified atom stereocenters. The highest BCUT2D eigenvalue weighted by Crippen LogP contribution is 2.23. The zero-order valence-corrected chi connectivity index (χ0v) is 17.5. The van der Waals surface area contributed by atoms with E-state index >= 15 is 0 Å². The van der Waals surface area contributed by atoms with Gasteiger partial charge in [0, 0.05) is 23.0 Å². The molecular formula is C25H23N3O3. The van der Waals surface area contributed by atoms with E-state index in [0.29, 0.717) is 23.6 Å². The molecule has 4 aromatic rings. The van der Waals surface area contributed by atoms with Gasteiger partial charge in [0.15, 0.2) is 0 Å². The van der Waals surface area contributed by atoms with Gasteiger partial charge in [-0.05, 0) is 73.8 Å². The molecule has 1 amide bonds. The minimum Gasteiger partial charge on any atom is -0.494 e. The molecule has 6 nitrogen and oxygen atoms in total. The lowest BCUT2D eigenvalue weighted by Gasteiger charge is -2.23. The first-order valence-corrected chi connectivity index (χ1v) is 10.1. The Hall–Kier alpha value is -3.93. The summed E-state index contributed by atoms with van der Waals surface area (Å²) in [7, 11) is 0. The van der Waals surface area contributed by atoms with Crippen molar-refractivity contribution in [2.75, 3.05) is 11.5 Å². The Morgan fingerprint density at radius 2 is 1.87 bits per heavy atom. The van der Waals surface area contributed by atoms with Gasteiger partial charge in [0.1, 0.15) is 11.4 Å². The number of aromatic nitrogens is 2. The second-order valence-corrected chi connectivity index (χ2v) is 7.25. The molecule has 0 radical (unpaired) electrons. The Kier molecular flexibility index (Phi) is 5.80. The van der Waals surface area contributed by atoms with Crippen molar-refractivity contribution in [1.29, 1.82) is 0 Å². The third-order valence-corrected chi connectivity index (χ3v) is 4.99. The molecule has 1 N–H and O–H groups in total. The zero-order valence-electron chi connectivity index (χ0n) is 17.5. The van der Waals surface area contributed by atoms with Crippen LogP contribution in [-0.4, -0.2) is 22.5 Å². The van der Waals surface area contributed by atoms with Gasteiger partial charge < -0.3 is 14.6 Å². The Morgan fingerprint density at radius 1 is 1.06 bits per heavy atom. The number of rotatable bonds is 6. The molecular weight excluding hydrogens is 390 g/mol. The third kappa shape index (κ3) is 4.48. The normalized spacial score (nSPS) is 10.8. The second-order valence-electron chi connectivity index (χ2n) is 7.25. The molecule has 0 fully saturated rings. The van der Waals surface area contributed by atoms with Crippen LogP contribution < -0.4 is 15.2 Å². The number of carbonyl (C=O) groups is 1. The summed E-state index contributed by atoms with van der Waals surface area (Å²) in [5.41, 5.74) is 3.10. The molecule has 2 heterocycles.